The van der Waals surface area contributed by atoms with Crippen molar-refractivity contribution in [1.82, 2.24) is 9.29 Å². The van der Waals surface area contributed by atoms with Gasteiger partial charge in [-0.2, -0.15) is 4.31 Å². The quantitative estimate of drug-likeness (QED) is 0.485. The average molecular weight is 494 g/mol. The van der Waals surface area contributed by atoms with Crippen molar-refractivity contribution in [2.75, 3.05) is 25.5 Å². The number of thiazole rings is 1. The summed E-state index contributed by atoms with van der Waals surface area (Å²) in [7, 11) is -2.36. The number of sulfonamides is 1. The van der Waals surface area contributed by atoms with Crippen LogP contribution in [0.3, 0.4) is 0 Å². The van der Waals surface area contributed by atoms with Crippen LogP contribution in [-0.4, -0.2) is 66.2 Å². The van der Waals surface area contributed by atoms with Gasteiger partial charge in [-0.05, 0) is 43.5 Å². The van der Waals surface area contributed by atoms with E-state index in [-0.39, 0.29) is 30.1 Å². The second-order valence-electron chi connectivity index (χ2n) is 8.33. The number of likely N-dealkylation sites (N-methyl/N-ethyl adjacent to an activating group) is 1. The summed E-state index contributed by atoms with van der Waals surface area (Å²) < 4.78 is 32.5. The maximum atomic E-state index is 13.3. The minimum Gasteiger partial charge on any atom is -0.493 e. The molecule has 0 bridgehead atoms. The Bertz CT molecular complexity index is 1160. The fourth-order valence-electron chi connectivity index (χ4n) is 3.96. The van der Waals surface area contributed by atoms with Gasteiger partial charge < -0.3 is 20.3 Å². The molecule has 4 rings (SSSR count). The number of aliphatic hydroxyl groups is 2. The molecule has 1 saturated carbocycles. The van der Waals surface area contributed by atoms with Crippen molar-refractivity contribution in [2.45, 2.75) is 48.7 Å². The first kappa shape index (κ1) is 23.8. The Hall–Kier alpha value is -2.31. The van der Waals surface area contributed by atoms with Crippen LogP contribution in [0.15, 0.2) is 47.2 Å². The zero-order valence-electron chi connectivity index (χ0n) is 18.4. The van der Waals surface area contributed by atoms with Crippen LogP contribution in [0.2, 0.25) is 0 Å². The molecule has 1 amide bonds. The van der Waals surface area contributed by atoms with Crippen molar-refractivity contribution >= 4 is 32.4 Å². The molecule has 9 nitrogen and oxygen atoms in total. The highest BCUT2D eigenvalue weighted by Gasteiger charge is 2.56. The van der Waals surface area contributed by atoms with Crippen LogP contribution in [0.1, 0.15) is 29.7 Å². The fraction of sp³-hybridized carbons (Fsp3) is 0.455. The monoisotopic (exact) mass is 493 g/mol. The summed E-state index contributed by atoms with van der Waals surface area (Å²) in [4.78, 5) is 18.6. The molecule has 2 aromatic rings. The maximum absolute atomic E-state index is 13.3. The minimum atomic E-state index is -3.76. The first-order chi connectivity index (χ1) is 15.7. The number of ether oxygens (including phenoxy) is 1. The van der Waals surface area contributed by atoms with E-state index in [0.717, 1.165) is 9.18 Å². The Kier molecular flexibility index (Phi) is 6.61. The standard InChI is InChI=1S/C22H27N3O6S2/c1-14-13-23-21(32-14)24-20(28)22(12-19(22)31-17-6-5-16(27)11-17)15-3-7-18(8-4-15)33(29,30)25(2)9-10-26/h3-4,7-8,12-13,16-17,26-27H,5-6,9-11H2,1-2H3,(H,23,24,28)/t16-,17-,22?/m1/s1. The molecule has 1 unspecified atom stereocenters. The second kappa shape index (κ2) is 9.15. The molecule has 0 radical (unpaired) electrons. The van der Waals surface area contributed by atoms with Crippen LogP contribution in [0, 0.1) is 6.92 Å². The summed E-state index contributed by atoms with van der Waals surface area (Å²) in [5, 5.41) is 22.2. The van der Waals surface area contributed by atoms with Crippen LogP contribution < -0.4 is 5.32 Å². The molecule has 11 heteroatoms. The molecule has 0 saturated heterocycles. The number of benzene rings is 1. The number of nitrogens with one attached hydrogen (secondary N) is 1. The minimum absolute atomic E-state index is 0.0174. The van der Waals surface area contributed by atoms with Gasteiger partial charge in [0.15, 0.2) is 10.5 Å². The Balaban J connectivity index is 1.59. The number of hydrogen-bond donors (Lipinski definition) is 3. The normalized spacial score (nSPS) is 24.6. The van der Waals surface area contributed by atoms with Crippen LogP contribution in [-0.2, 0) is 25.0 Å². The molecule has 0 spiro atoms. The Morgan fingerprint density at radius 2 is 2.06 bits per heavy atom. The predicted molar refractivity (Wildman–Crippen MR) is 123 cm³/mol. The topological polar surface area (TPSA) is 129 Å². The summed E-state index contributed by atoms with van der Waals surface area (Å²) in [5.74, 6) is 0.152. The second-order valence-corrected chi connectivity index (χ2v) is 11.6. The van der Waals surface area contributed by atoms with Gasteiger partial charge in [0.25, 0.3) is 0 Å². The van der Waals surface area contributed by atoms with E-state index < -0.39 is 21.5 Å². The van der Waals surface area contributed by atoms with E-state index in [9.17, 15) is 18.3 Å². The highest BCUT2D eigenvalue weighted by molar-refractivity contribution is 7.89. The van der Waals surface area contributed by atoms with E-state index in [1.807, 2.05) is 6.92 Å². The zero-order valence-corrected chi connectivity index (χ0v) is 20.0. The van der Waals surface area contributed by atoms with Gasteiger partial charge in [-0.3, -0.25) is 4.79 Å². The Morgan fingerprint density at radius 3 is 2.64 bits per heavy atom. The smallest absolute Gasteiger partial charge is 0.248 e. The number of carbonyl (C=O) groups excluding carboxylic acids is 1. The number of hydrogen-bond acceptors (Lipinski definition) is 8. The molecule has 1 aromatic heterocycles. The van der Waals surface area contributed by atoms with Gasteiger partial charge >= 0.3 is 0 Å². The van der Waals surface area contributed by atoms with Crippen molar-refractivity contribution in [1.29, 1.82) is 0 Å². The molecule has 2 aliphatic rings. The molecule has 2 aliphatic carbocycles. The lowest BCUT2D eigenvalue weighted by atomic mass is 9.91. The molecule has 0 aliphatic heterocycles. The maximum Gasteiger partial charge on any atom is 0.248 e. The summed E-state index contributed by atoms with van der Waals surface area (Å²) in [6, 6.07) is 6.10. The number of aryl methyl sites for hydroxylation is 1. The van der Waals surface area contributed by atoms with E-state index in [2.05, 4.69) is 10.3 Å². The van der Waals surface area contributed by atoms with Crippen LogP contribution in [0.4, 0.5) is 5.13 Å². The van der Waals surface area contributed by atoms with Crippen LogP contribution >= 0.6 is 11.3 Å². The third-order valence-corrected chi connectivity index (χ3v) is 8.64. The molecule has 3 N–H and O–H groups in total. The first-order valence-electron chi connectivity index (χ1n) is 10.7. The van der Waals surface area contributed by atoms with E-state index in [1.54, 1.807) is 24.4 Å². The molecule has 178 valence electrons. The van der Waals surface area contributed by atoms with Gasteiger partial charge in [0.1, 0.15) is 11.9 Å². The van der Waals surface area contributed by atoms with E-state index in [0.29, 0.717) is 35.7 Å². The molecular formula is C22H27N3O6S2. The summed E-state index contributed by atoms with van der Waals surface area (Å²) in [6.07, 6.45) is 4.68. The van der Waals surface area contributed by atoms with Gasteiger partial charge in [-0.25, -0.2) is 13.4 Å². The molecule has 33 heavy (non-hydrogen) atoms. The van der Waals surface area contributed by atoms with Crippen LogP contribution in [0.25, 0.3) is 0 Å². The highest BCUT2D eigenvalue weighted by atomic mass is 32.2. The first-order valence-corrected chi connectivity index (χ1v) is 12.9. The van der Waals surface area contributed by atoms with Gasteiger partial charge in [-0.15, -0.1) is 11.3 Å². The van der Waals surface area contributed by atoms with Crippen molar-refractivity contribution < 1.29 is 28.2 Å². The van der Waals surface area contributed by atoms with E-state index >= 15 is 0 Å². The molecule has 1 heterocycles. The number of carbonyl (C=O) groups is 1. The molecule has 1 aromatic carbocycles. The number of aromatic nitrogens is 1. The lowest BCUT2D eigenvalue weighted by Crippen LogP contribution is -2.32. The number of rotatable bonds is 9. The molecule has 3 atom stereocenters. The van der Waals surface area contributed by atoms with Gasteiger partial charge in [-0.1, -0.05) is 12.1 Å². The molecule has 1 fully saturated rings. The van der Waals surface area contributed by atoms with Gasteiger partial charge in [0.2, 0.25) is 15.9 Å². The van der Waals surface area contributed by atoms with Gasteiger partial charge in [0.05, 0.1) is 17.6 Å². The summed E-state index contributed by atoms with van der Waals surface area (Å²) in [5.41, 5.74) is -0.586. The lowest BCUT2D eigenvalue weighted by Gasteiger charge is -2.21. The summed E-state index contributed by atoms with van der Waals surface area (Å²) in [6.45, 7) is 1.59. The lowest BCUT2D eigenvalue weighted by molar-refractivity contribution is -0.118. The SMILES string of the molecule is Cc1cnc(NC(=O)C2(c3ccc(S(=O)(=O)N(C)CCO)cc3)C=C2O[C@@H]2CC[C@@H](O)C2)s1. The number of nitrogens with zero attached hydrogens (tertiary/aromatic N) is 2. The molecular weight excluding hydrogens is 466 g/mol. The number of aliphatic hydroxyl groups excluding tert-OH is 2. The zero-order chi connectivity index (χ0) is 23.8. The summed E-state index contributed by atoms with van der Waals surface area (Å²) >= 11 is 1.36. The fourth-order valence-corrected chi connectivity index (χ4v) is 5.79. The van der Waals surface area contributed by atoms with Gasteiger partial charge in [0, 0.05) is 31.1 Å². The number of amides is 1. The van der Waals surface area contributed by atoms with Crippen LogP contribution in [0.5, 0.6) is 0 Å². The highest BCUT2D eigenvalue weighted by Crippen LogP contribution is 2.50. The van der Waals surface area contributed by atoms with Crippen molar-refractivity contribution in [3.8, 4) is 0 Å². The Labute approximate surface area is 196 Å². The van der Waals surface area contributed by atoms with Crippen molar-refractivity contribution in [2.24, 2.45) is 0 Å². The largest absolute Gasteiger partial charge is 0.493 e. The third-order valence-electron chi connectivity index (χ3n) is 5.94. The van der Waals surface area contributed by atoms with E-state index in [1.165, 1.54) is 30.5 Å². The number of anilines is 1. The van der Waals surface area contributed by atoms with E-state index in [4.69, 9.17) is 9.84 Å². The Morgan fingerprint density at radius 1 is 1.33 bits per heavy atom. The van der Waals surface area contributed by atoms with Crippen molar-refractivity contribution in [3.63, 3.8) is 0 Å². The predicted octanol–water partition coefficient (Wildman–Crippen LogP) is 1.77. The average Bonchev–Trinajstić information content (AvgIpc) is 3.11. The third kappa shape index (κ3) is 4.69. The van der Waals surface area contributed by atoms with Crippen molar-refractivity contribution in [3.05, 3.63) is 52.7 Å².